The number of ether oxygens (including phenoxy) is 2. The molecule has 23 heteroatoms. The Balaban J connectivity index is 1.46. The van der Waals surface area contributed by atoms with Gasteiger partial charge in [-0.3, -0.25) is 9.09 Å². The van der Waals surface area contributed by atoms with Crippen molar-refractivity contribution in [3.8, 4) is 0 Å². The topological polar surface area (TPSA) is 295 Å². The summed E-state index contributed by atoms with van der Waals surface area (Å²) in [4.78, 5) is 33.1. The van der Waals surface area contributed by atoms with Gasteiger partial charge in [0.2, 0.25) is 0 Å². The molecule has 12 atom stereocenters. The highest BCUT2D eigenvalue weighted by Gasteiger charge is 2.56. The van der Waals surface area contributed by atoms with E-state index in [4.69, 9.17) is 41.2 Å². The molecule has 2 fully saturated rings. The lowest BCUT2D eigenvalue weighted by Crippen LogP contribution is -2.61. The van der Waals surface area contributed by atoms with Crippen molar-refractivity contribution in [3.63, 3.8) is 0 Å². The Morgan fingerprint density at radius 1 is 1.26 bits per heavy atom. The fourth-order valence-corrected chi connectivity index (χ4v) is 9.50. The minimum Gasteiger partial charge on any atom is -0.394 e. The second-order valence-electron chi connectivity index (χ2n) is 9.43. The number of aliphatic hydroxyl groups excluding tert-OH is 6. The molecule has 2 aliphatic rings. The molecule has 0 spiro atoms. The molecule has 2 aromatic heterocycles. The van der Waals surface area contributed by atoms with Gasteiger partial charge >= 0.3 is 14.5 Å². The number of imidazole rings is 1. The van der Waals surface area contributed by atoms with Crippen LogP contribution in [-0.4, -0.2) is 134 Å². The zero-order valence-corrected chi connectivity index (χ0v) is 25.6. The van der Waals surface area contributed by atoms with E-state index in [0.29, 0.717) is 11.2 Å². The lowest BCUT2D eigenvalue weighted by Gasteiger charge is -2.41. The lowest BCUT2D eigenvalue weighted by molar-refractivity contribution is -0.292. The standard InChI is InChI=1S/C20H31N5O14P2S2/c1-3-20(35-2)15(31)9(43-19(20)25-7-24-10-16(21)22-6-23-17(10)25)5-36-41(34,42)39-40(32,33)38-18-13(30)11(28)12(29)14(37-18)8(27)4-26/h3,6-9,11-15,18-19,26-31H,1,4-5H2,2H3,(H,32,33)(H,34,42)(H2,21,22,23)/t8-,9+,11?,12?,13?,14?,15+,18?,19+,20+,41?/m0/s1. The van der Waals surface area contributed by atoms with E-state index in [1.165, 1.54) is 25.8 Å². The minimum absolute atomic E-state index is 0.125. The van der Waals surface area contributed by atoms with Crippen LogP contribution in [0.4, 0.5) is 5.82 Å². The number of thioether (sulfide) groups is 1. The molecule has 0 amide bonds. The van der Waals surface area contributed by atoms with Crippen LogP contribution in [0.25, 0.3) is 11.2 Å². The molecule has 7 unspecified atom stereocenters. The van der Waals surface area contributed by atoms with Crippen molar-refractivity contribution < 1.29 is 67.8 Å². The molecule has 2 aliphatic heterocycles. The average molecular weight is 692 g/mol. The molecule has 0 aromatic carbocycles. The first-order valence-electron chi connectivity index (χ1n) is 12.2. The first-order valence-corrected chi connectivity index (χ1v) is 17.3. The van der Waals surface area contributed by atoms with Gasteiger partial charge in [0.05, 0.1) is 24.8 Å². The van der Waals surface area contributed by atoms with Crippen molar-refractivity contribution in [1.29, 1.82) is 0 Å². The molecule has 10 N–H and O–H groups in total. The number of phosphoric ester groups is 1. The molecular formula is C20H31N5O14P2S2. The van der Waals surface area contributed by atoms with E-state index in [9.17, 15) is 39.9 Å². The Bertz CT molecular complexity index is 1410. The van der Waals surface area contributed by atoms with E-state index < -0.39 is 86.9 Å². The molecule has 0 aliphatic carbocycles. The van der Waals surface area contributed by atoms with Gasteiger partial charge in [-0.15, -0.1) is 18.3 Å². The van der Waals surface area contributed by atoms with E-state index >= 15 is 0 Å². The SMILES string of the molecule is C=C[C@@]1(OC)[C@H](O)[C@@H](COP(O)(=S)OP(=O)(O)OC2OC([C@@H](O)CO)C(O)C(O)C2O)S[C@H]1n1cnc2c(N)ncnc21. The van der Waals surface area contributed by atoms with Gasteiger partial charge in [-0.2, -0.15) is 0 Å². The first kappa shape index (κ1) is 34.7. The third kappa shape index (κ3) is 6.83. The summed E-state index contributed by atoms with van der Waals surface area (Å²) >= 11 is 5.93. The molecule has 242 valence electrons. The zero-order chi connectivity index (χ0) is 31.9. The molecule has 19 nitrogen and oxygen atoms in total. The number of hydrogen-bond acceptors (Lipinski definition) is 18. The van der Waals surface area contributed by atoms with Crippen molar-refractivity contribution in [2.75, 3.05) is 26.1 Å². The molecule has 0 bridgehead atoms. The Hall–Kier alpha value is -1.20. The summed E-state index contributed by atoms with van der Waals surface area (Å²) < 4.78 is 39.5. The van der Waals surface area contributed by atoms with Crippen LogP contribution in [0, 0.1) is 0 Å². The van der Waals surface area contributed by atoms with Crippen LogP contribution < -0.4 is 5.73 Å². The van der Waals surface area contributed by atoms with Crippen LogP contribution in [0.5, 0.6) is 0 Å². The van der Waals surface area contributed by atoms with E-state index in [-0.39, 0.29) is 5.82 Å². The smallest absolute Gasteiger partial charge is 0.394 e. The maximum atomic E-state index is 12.7. The molecule has 2 saturated heterocycles. The number of hydrogen-bond donors (Lipinski definition) is 9. The molecule has 0 radical (unpaired) electrons. The number of methoxy groups -OCH3 is 1. The van der Waals surface area contributed by atoms with Crippen molar-refractivity contribution in [3.05, 3.63) is 25.3 Å². The lowest BCUT2D eigenvalue weighted by atomic mass is 9.94. The predicted octanol–water partition coefficient (Wildman–Crippen LogP) is -2.52. The van der Waals surface area contributed by atoms with Crippen molar-refractivity contribution in [2.45, 2.75) is 59.1 Å². The number of rotatable bonds is 12. The molecule has 2 aromatic rings. The number of nitrogen functional groups attached to an aromatic ring is 1. The van der Waals surface area contributed by atoms with Crippen molar-refractivity contribution >= 4 is 55.1 Å². The number of fused-ring (bicyclic) bond motifs is 1. The van der Waals surface area contributed by atoms with Gasteiger partial charge in [0, 0.05) is 7.11 Å². The Labute approximate surface area is 252 Å². The van der Waals surface area contributed by atoms with Crippen LogP contribution in [0.1, 0.15) is 5.37 Å². The maximum absolute atomic E-state index is 12.7. The minimum atomic E-state index is -5.43. The van der Waals surface area contributed by atoms with Gasteiger partial charge in [-0.1, -0.05) is 6.08 Å². The number of aromatic nitrogens is 4. The number of nitrogens with two attached hydrogens (primary N) is 1. The Morgan fingerprint density at radius 3 is 2.58 bits per heavy atom. The summed E-state index contributed by atoms with van der Waals surface area (Å²) in [5, 5.41) is 58.6. The average Bonchev–Trinajstić information content (AvgIpc) is 3.50. The second kappa shape index (κ2) is 13.3. The predicted molar refractivity (Wildman–Crippen MR) is 150 cm³/mol. The van der Waals surface area contributed by atoms with Crippen molar-refractivity contribution in [2.24, 2.45) is 0 Å². The van der Waals surface area contributed by atoms with Gasteiger partial charge in [0.1, 0.15) is 59.4 Å². The Kier molecular flexibility index (Phi) is 10.7. The fraction of sp³-hybridized carbons (Fsp3) is 0.650. The first-order chi connectivity index (χ1) is 20.1. The third-order valence-electron chi connectivity index (χ3n) is 6.83. The summed E-state index contributed by atoms with van der Waals surface area (Å²) in [6.07, 6.45) is -9.07. The highest BCUT2D eigenvalue weighted by molar-refractivity contribution is 8.08. The normalized spacial score (nSPS) is 36.7. The second-order valence-corrected chi connectivity index (χ2v) is 15.1. The van der Waals surface area contributed by atoms with Gasteiger partial charge in [-0.25, -0.2) is 23.8 Å². The van der Waals surface area contributed by atoms with E-state index in [1.54, 1.807) is 4.57 Å². The molecule has 4 heterocycles. The van der Waals surface area contributed by atoms with Crippen LogP contribution in [0.3, 0.4) is 0 Å². The molecule has 43 heavy (non-hydrogen) atoms. The van der Waals surface area contributed by atoms with Crippen molar-refractivity contribution in [1.82, 2.24) is 19.5 Å². The van der Waals surface area contributed by atoms with Gasteiger partial charge in [0.15, 0.2) is 17.8 Å². The summed E-state index contributed by atoms with van der Waals surface area (Å²) in [7, 11) is -4.09. The van der Waals surface area contributed by atoms with Crippen LogP contribution in [0.15, 0.2) is 25.3 Å². The van der Waals surface area contributed by atoms with Gasteiger partial charge in [0.25, 0.3) is 0 Å². The summed E-state index contributed by atoms with van der Waals surface area (Å²) in [5.41, 5.74) is 5.06. The maximum Gasteiger partial charge on any atom is 0.481 e. The van der Waals surface area contributed by atoms with E-state index in [1.807, 2.05) is 0 Å². The van der Waals surface area contributed by atoms with Crippen LogP contribution in [0.2, 0.25) is 0 Å². The summed E-state index contributed by atoms with van der Waals surface area (Å²) in [6.45, 7) is -2.32. The monoisotopic (exact) mass is 691 g/mol. The number of aliphatic hydroxyl groups is 6. The van der Waals surface area contributed by atoms with E-state index in [2.05, 4.69) is 25.8 Å². The van der Waals surface area contributed by atoms with E-state index in [0.717, 1.165) is 11.8 Å². The van der Waals surface area contributed by atoms with Gasteiger partial charge < -0.3 is 60.2 Å². The quantitative estimate of drug-likeness (QED) is 0.0819. The van der Waals surface area contributed by atoms with Crippen LogP contribution in [-0.2, 0) is 39.2 Å². The third-order valence-corrected chi connectivity index (χ3v) is 11.9. The number of nitrogens with zero attached hydrogens (tertiary/aromatic N) is 4. The molecular weight excluding hydrogens is 660 g/mol. The number of anilines is 1. The fourth-order valence-electron chi connectivity index (χ4n) is 4.62. The van der Waals surface area contributed by atoms with Crippen LogP contribution >= 0.6 is 26.3 Å². The molecule has 4 rings (SSSR count). The molecule has 0 saturated carbocycles. The summed E-state index contributed by atoms with van der Waals surface area (Å²) in [5.74, 6) is 0.125. The Morgan fingerprint density at radius 2 is 1.95 bits per heavy atom. The highest BCUT2D eigenvalue weighted by atomic mass is 32.5. The number of phosphoric acid groups is 1. The van der Waals surface area contributed by atoms with Gasteiger partial charge in [-0.05, 0) is 11.8 Å². The largest absolute Gasteiger partial charge is 0.481 e. The zero-order valence-electron chi connectivity index (χ0n) is 22.2. The highest BCUT2D eigenvalue weighted by Crippen LogP contribution is 2.62. The summed E-state index contributed by atoms with van der Waals surface area (Å²) in [6, 6.07) is 0.